The molecule has 92 valence electrons. The Labute approximate surface area is 104 Å². The van der Waals surface area contributed by atoms with E-state index in [1.807, 2.05) is 0 Å². The topological polar surface area (TPSA) is 81.0 Å². The summed E-state index contributed by atoms with van der Waals surface area (Å²) in [6.07, 6.45) is 3.00. The van der Waals surface area contributed by atoms with Gasteiger partial charge in [-0.05, 0) is 24.3 Å². The minimum absolute atomic E-state index is 0.109. The standard InChI is InChI=1S/C13H13N3O2/c1-2-7-18-10-5-3-9(4-6-10)12-11(14)13(17)16-8-15-12/h2-6,8H,1,7,14H2,(H,15,16,17). The fourth-order valence-electron chi connectivity index (χ4n) is 1.50. The number of ether oxygens (including phenoxy) is 1. The maximum absolute atomic E-state index is 11.4. The summed E-state index contributed by atoms with van der Waals surface area (Å²) in [5, 5.41) is 0. The normalized spacial score (nSPS) is 10.0. The monoisotopic (exact) mass is 243 g/mol. The third-order valence-corrected chi connectivity index (χ3v) is 2.38. The van der Waals surface area contributed by atoms with Crippen LogP contribution >= 0.6 is 0 Å². The zero-order valence-electron chi connectivity index (χ0n) is 9.72. The molecule has 1 heterocycles. The Hall–Kier alpha value is -2.56. The van der Waals surface area contributed by atoms with E-state index >= 15 is 0 Å². The summed E-state index contributed by atoms with van der Waals surface area (Å²) in [7, 11) is 0. The number of rotatable bonds is 4. The summed E-state index contributed by atoms with van der Waals surface area (Å²) in [5.74, 6) is 0.724. The maximum atomic E-state index is 11.4. The molecule has 2 rings (SSSR count). The van der Waals surface area contributed by atoms with E-state index in [0.29, 0.717) is 12.3 Å². The zero-order chi connectivity index (χ0) is 13.0. The highest BCUT2D eigenvalue weighted by atomic mass is 16.5. The van der Waals surface area contributed by atoms with Crippen molar-refractivity contribution in [3.8, 4) is 17.0 Å². The van der Waals surface area contributed by atoms with Crippen molar-refractivity contribution >= 4 is 5.69 Å². The van der Waals surface area contributed by atoms with Crippen LogP contribution in [0.1, 0.15) is 0 Å². The zero-order valence-corrected chi connectivity index (χ0v) is 9.72. The summed E-state index contributed by atoms with van der Waals surface area (Å²) in [4.78, 5) is 17.9. The fraction of sp³-hybridized carbons (Fsp3) is 0.0769. The van der Waals surface area contributed by atoms with Gasteiger partial charge in [-0.25, -0.2) is 4.98 Å². The molecule has 0 saturated heterocycles. The molecule has 0 bridgehead atoms. The van der Waals surface area contributed by atoms with Crippen molar-refractivity contribution in [2.24, 2.45) is 0 Å². The van der Waals surface area contributed by atoms with Crippen LogP contribution in [-0.4, -0.2) is 16.6 Å². The molecule has 0 saturated carbocycles. The van der Waals surface area contributed by atoms with Crippen molar-refractivity contribution < 1.29 is 4.74 Å². The fourth-order valence-corrected chi connectivity index (χ4v) is 1.50. The van der Waals surface area contributed by atoms with Crippen LogP contribution < -0.4 is 16.0 Å². The second-order valence-electron chi connectivity index (χ2n) is 3.62. The van der Waals surface area contributed by atoms with Crippen molar-refractivity contribution in [1.82, 2.24) is 9.97 Å². The quantitative estimate of drug-likeness (QED) is 0.799. The van der Waals surface area contributed by atoms with Crippen LogP contribution in [0, 0.1) is 0 Å². The lowest BCUT2D eigenvalue weighted by Crippen LogP contribution is -2.13. The highest BCUT2D eigenvalue weighted by molar-refractivity contribution is 5.71. The molecule has 5 heteroatoms. The van der Waals surface area contributed by atoms with E-state index in [-0.39, 0.29) is 11.2 Å². The molecule has 0 aliphatic heterocycles. The Morgan fingerprint density at radius 2 is 2.11 bits per heavy atom. The minimum Gasteiger partial charge on any atom is -0.490 e. The molecule has 0 amide bonds. The maximum Gasteiger partial charge on any atom is 0.274 e. The van der Waals surface area contributed by atoms with E-state index < -0.39 is 0 Å². The third-order valence-electron chi connectivity index (χ3n) is 2.38. The van der Waals surface area contributed by atoms with E-state index in [1.165, 1.54) is 6.33 Å². The van der Waals surface area contributed by atoms with Gasteiger partial charge in [-0.2, -0.15) is 0 Å². The molecule has 18 heavy (non-hydrogen) atoms. The molecular formula is C13H13N3O2. The first kappa shape index (κ1) is 11.9. The number of anilines is 1. The van der Waals surface area contributed by atoms with Gasteiger partial charge in [-0.1, -0.05) is 12.7 Å². The summed E-state index contributed by atoms with van der Waals surface area (Å²) < 4.78 is 5.36. The molecule has 1 aromatic heterocycles. The Morgan fingerprint density at radius 1 is 1.39 bits per heavy atom. The predicted molar refractivity (Wildman–Crippen MR) is 70.4 cm³/mol. The molecular weight excluding hydrogens is 230 g/mol. The lowest BCUT2D eigenvalue weighted by atomic mass is 10.1. The highest BCUT2D eigenvalue weighted by Gasteiger charge is 2.07. The molecule has 5 nitrogen and oxygen atoms in total. The number of hydrogen-bond donors (Lipinski definition) is 2. The van der Waals surface area contributed by atoms with Crippen LogP contribution in [0.25, 0.3) is 11.3 Å². The van der Waals surface area contributed by atoms with Gasteiger partial charge in [0.1, 0.15) is 23.7 Å². The average molecular weight is 243 g/mol. The molecule has 3 N–H and O–H groups in total. The van der Waals surface area contributed by atoms with Crippen molar-refractivity contribution in [2.75, 3.05) is 12.3 Å². The molecule has 0 aliphatic carbocycles. The van der Waals surface area contributed by atoms with Gasteiger partial charge >= 0.3 is 0 Å². The second kappa shape index (κ2) is 5.18. The van der Waals surface area contributed by atoms with Crippen LogP contribution in [-0.2, 0) is 0 Å². The van der Waals surface area contributed by atoms with Gasteiger partial charge in [0.15, 0.2) is 0 Å². The van der Waals surface area contributed by atoms with Crippen LogP contribution in [0.4, 0.5) is 5.69 Å². The minimum atomic E-state index is -0.341. The van der Waals surface area contributed by atoms with Crippen molar-refractivity contribution in [3.63, 3.8) is 0 Å². The first-order valence-corrected chi connectivity index (χ1v) is 5.39. The van der Waals surface area contributed by atoms with Crippen LogP contribution in [0.2, 0.25) is 0 Å². The summed E-state index contributed by atoms with van der Waals surface area (Å²) in [5.41, 5.74) is 6.68. The van der Waals surface area contributed by atoms with E-state index in [0.717, 1.165) is 11.3 Å². The van der Waals surface area contributed by atoms with Gasteiger partial charge in [0.05, 0.1) is 6.33 Å². The smallest absolute Gasteiger partial charge is 0.274 e. The van der Waals surface area contributed by atoms with Crippen LogP contribution in [0.15, 0.2) is 48.0 Å². The van der Waals surface area contributed by atoms with Gasteiger partial charge in [0.25, 0.3) is 5.56 Å². The van der Waals surface area contributed by atoms with E-state index in [9.17, 15) is 4.79 Å². The molecule has 2 aromatic rings. The number of nitrogens with zero attached hydrogens (tertiary/aromatic N) is 1. The van der Waals surface area contributed by atoms with Gasteiger partial charge < -0.3 is 15.5 Å². The van der Waals surface area contributed by atoms with Gasteiger partial charge in [0, 0.05) is 5.56 Å². The Kier molecular flexibility index (Phi) is 3.43. The molecule has 0 spiro atoms. The van der Waals surface area contributed by atoms with E-state index in [4.69, 9.17) is 10.5 Å². The largest absolute Gasteiger partial charge is 0.490 e. The molecule has 1 aromatic carbocycles. The SMILES string of the molecule is C=CCOc1ccc(-c2nc[nH]c(=O)c2N)cc1. The van der Waals surface area contributed by atoms with Gasteiger partial charge in [-0.3, -0.25) is 4.79 Å². The number of aromatic nitrogens is 2. The summed E-state index contributed by atoms with van der Waals surface area (Å²) in [6.45, 7) is 4.02. The third kappa shape index (κ3) is 2.40. The van der Waals surface area contributed by atoms with Gasteiger partial charge in [-0.15, -0.1) is 0 Å². The number of nitrogens with one attached hydrogen (secondary N) is 1. The highest BCUT2D eigenvalue weighted by Crippen LogP contribution is 2.22. The number of aromatic amines is 1. The number of hydrogen-bond acceptors (Lipinski definition) is 4. The van der Waals surface area contributed by atoms with E-state index in [2.05, 4.69) is 16.5 Å². The molecule has 0 unspecified atom stereocenters. The lowest BCUT2D eigenvalue weighted by Gasteiger charge is -2.06. The van der Waals surface area contributed by atoms with Crippen LogP contribution in [0.5, 0.6) is 5.75 Å². The lowest BCUT2D eigenvalue weighted by molar-refractivity contribution is 0.363. The van der Waals surface area contributed by atoms with Crippen molar-refractivity contribution in [2.45, 2.75) is 0 Å². The second-order valence-corrected chi connectivity index (χ2v) is 3.62. The predicted octanol–water partition coefficient (Wildman–Crippen LogP) is 1.58. The van der Waals surface area contributed by atoms with Crippen LogP contribution in [0.3, 0.4) is 0 Å². The first-order chi connectivity index (χ1) is 8.72. The Balaban J connectivity index is 2.31. The Bertz CT molecular complexity index is 602. The summed E-state index contributed by atoms with van der Waals surface area (Å²) in [6, 6.07) is 7.19. The molecule has 0 radical (unpaired) electrons. The van der Waals surface area contributed by atoms with Crippen molar-refractivity contribution in [1.29, 1.82) is 0 Å². The molecule has 0 fully saturated rings. The van der Waals surface area contributed by atoms with E-state index in [1.54, 1.807) is 30.3 Å². The number of H-pyrrole nitrogens is 1. The number of nitrogen functional groups attached to an aromatic ring is 1. The van der Waals surface area contributed by atoms with Gasteiger partial charge in [0.2, 0.25) is 0 Å². The van der Waals surface area contributed by atoms with Crippen molar-refractivity contribution in [3.05, 3.63) is 53.6 Å². The summed E-state index contributed by atoms with van der Waals surface area (Å²) >= 11 is 0. The number of nitrogens with two attached hydrogens (primary N) is 1. The average Bonchev–Trinajstić information content (AvgIpc) is 2.40. The molecule has 0 atom stereocenters. The first-order valence-electron chi connectivity index (χ1n) is 5.39. The Morgan fingerprint density at radius 3 is 2.78 bits per heavy atom. The number of benzene rings is 1. The molecule has 0 aliphatic rings.